The average molecular weight is 424 g/mol. The number of hydrogen-bond acceptors (Lipinski definition) is 5. The van der Waals surface area contributed by atoms with Crippen LogP contribution in [0.1, 0.15) is 50.5 Å². The van der Waals surface area contributed by atoms with Gasteiger partial charge in [0.15, 0.2) is 0 Å². The summed E-state index contributed by atoms with van der Waals surface area (Å²) in [5.74, 6) is 1.73. The maximum absolute atomic E-state index is 5.99. The molecular formula is C26H37N3O2. The van der Waals surface area contributed by atoms with Gasteiger partial charge in [-0.25, -0.2) is 0 Å². The molecule has 3 heterocycles. The van der Waals surface area contributed by atoms with Crippen molar-refractivity contribution in [2.24, 2.45) is 5.92 Å². The molecule has 5 nitrogen and oxygen atoms in total. The van der Waals surface area contributed by atoms with Gasteiger partial charge in [-0.15, -0.1) is 0 Å². The molecule has 1 atom stereocenters. The minimum absolute atomic E-state index is 0.489. The predicted octanol–water partition coefficient (Wildman–Crippen LogP) is 4.82. The Kier molecular flexibility index (Phi) is 8.60. The topological polar surface area (TPSA) is 46.6 Å². The van der Waals surface area contributed by atoms with E-state index in [1.165, 1.54) is 49.8 Å². The third-order valence-electron chi connectivity index (χ3n) is 6.55. The van der Waals surface area contributed by atoms with Gasteiger partial charge in [-0.3, -0.25) is 4.98 Å². The largest absolute Gasteiger partial charge is 0.490 e. The highest BCUT2D eigenvalue weighted by Crippen LogP contribution is 2.28. The second-order valence-electron chi connectivity index (χ2n) is 8.95. The second-order valence-corrected chi connectivity index (χ2v) is 8.95. The molecule has 0 bridgehead atoms. The number of nitrogens with one attached hydrogen (secondary N) is 1. The molecule has 1 aromatic heterocycles. The van der Waals surface area contributed by atoms with Crippen molar-refractivity contribution in [1.29, 1.82) is 0 Å². The smallest absolute Gasteiger partial charge is 0.139 e. The summed E-state index contributed by atoms with van der Waals surface area (Å²) in [5, 5.41) is 3.48. The monoisotopic (exact) mass is 423 g/mol. The molecule has 1 N–H and O–H groups in total. The van der Waals surface area contributed by atoms with Crippen LogP contribution in [0.3, 0.4) is 0 Å². The molecule has 31 heavy (non-hydrogen) atoms. The SMILES string of the molecule is c1ccc(COCCCCC2CCN(c3cncc(OC[C@@H]4CCCN4)c3)CC2)cc1. The molecular weight excluding hydrogens is 386 g/mol. The van der Waals surface area contributed by atoms with Crippen LogP contribution in [0.15, 0.2) is 48.8 Å². The zero-order chi connectivity index (χ0) is 21.1. The van der Waals surface area contributed by atoms with Crippen LogP contribution in [-0.2, 0) is 11.3 Å². The minimum atomic E-state index is 0.489. The first-order valence-electron chi connectivity index (χ1n) is 12.0. The second kappa shape index (κ2) is 12.1. The number of aromatic nitrogens is 1. The first-order chi connectivity index (χ1) is 15.4. The standard InChI is InChI=1S/C26H37N3O2/c1-2-8-23(9-3-1)20-30-16-5-4-7-22-11-14-29(15-12-22)25-17-26(19-27-18-25)31-21-24-10-6-13-28-24/h1-3,8-9,17-19,22,24,28H,4-7,10-16,20-21H2/t24-/m0/s1. The number of benzene rings is 1. The quantitative estimate of drug-likeness (QED) is 0.525. The van der Waals surface area contributed by atoms with E-state index in [-0.39, 0.29) is 0 Å². The Morgan fingerprint density at radius 1 is 1.03 bits per heavy atom. The number of ether oxygens (including phenoxy) is 2. The summed E-state index contributed by atoms with van der Waals surface area (Å²) in [7, 11) is 0. The fourth-order valence-corrected chi connectivity index (χ4v) is 4.64. The number of anilines is 1. The van der Waals surface area contributed by atoms with Crippen LogP contribution in [0.5, 0.6) is 5.75 Å². The van der Waals surface area contributed by atoms with Gasteiger partial charge in [-0.2, -0.15) is 0 Å². The fraction of sp³-hybridized carbons (Fsp3) is 0.577. The van der Waals surface area contributed by atoms with Crippen molar-refractivity contribution in [3.8, 4) is 5.75 Å². The van der Waals surface area contributed by atoms with Crippen molar-refractivity contribution < 1.29 is 9.47 Å². The Morgan fingerprint density at radius 3 is 2.71 bits per heavy atom. The van der Waals surface area contributed by atoms with Gasteiger partial charge < -0.3 is 19.7 Å². The highest BCUT2D eigenvalue weighted by atomic mass is 16.5. The number of piperidine rings is 1. The van der Waals surface area contributed by atoms with Gasteiger partial charge in [0.25, 0.3) is 0 Å². The van der Waals surface area contributed by atoms with Crippen molar-refractivity contribution in [2.75, 3.05) is 37.7 Å². The van der Waals surface area contributed by atoms with E-state index in [9.17, 15) is 0 Å². The van der Waals surface area contributed by atoms with Gasteiger partial charge >= 0.3 is 0 Å². The lowest BCUT2D eigenvalue weighted by molar-refractivity contribution is 0.115. The van der Waals surface area contributed by atoms with E-state index in [0.717, 1.165) is 57.5 Å². The maximum atomic E-state index is 5.99. The molecule has 0 saturated carbocycles. The molecule has 0 amide bonds. The van der Waals surface area contributed by atoms with Gasteiger partial charge in [0, 0.05) is 31.8 Å². The average Bonchev–Trinajstić information content (AvgIpc) is 3.35. The minimum Gasteiger partial charge on any atom is -0.490 e. The lowest BCUT2D eigenvalue weighted by Crippen LogP contribution is -2.33. The normalized spacial score (nSPS) is 19.6. The Morgan fingerprint density at radius 2 is 1.90 bits per heavy atom. The summed E-state index contributed by atoms with van der Waals surface area (Å²) in [6.45, 7) is 5.68. The van der Waals surface area contributed by atoms with Crippen molar-refractivity contribution in [2.45, 2.75) is 57.6 Å². The fourth-order valence-electron chi connectivity index (χ4n) is 4.64. The summed E-state index contributed by atoms with van der Waals surface area (Å²) < 4.78 is 11.8. The summed E-state index contributed by atoms with van der Waals surface area (Å²) in [6, 6.07) is 13.1. The van der Waals surface area contributed by atoms with E-state index >= 15 is 0 Å². The van der Waals surface area contributed by atoms with Gasteiger partial charge in [-0.05, 0) is 50.1 Å². The van der Waals surface area contributed by atoms with Crippen molar-refractivity contribution in [3.63, 3.8) is 0 Å². The molecule has 0 aliphatic carbocycles. The zero-order valence-corrected chi connectivity index (χ0v) is 18.7. The summed E-state index contributed by atoms with van der Waals surface area (Å²) >= 11 is 0. The van der Waals surface area contributed by atoms with E-state index in [1.54, 1.807) is 0 Å². The summed E-state index contributed by atoms with van der Waals surface area (Å²) in [6.07, 6.45) is 12.5. The van der Waals surface area contributed by atoms with E-state index in [4.69, 9.17) is 9.47 Å². The molecule has 0 unspecified atom stereocenters. The first-order valence-corrected chi connectivity index (χ1v) is 12.0. The molecule has 0 radical (unpaired) electrons. The summed E-state index contributed by atoms with van der Waals surface area (Å²) in [4.78, 5) is 6.89. The van der Waals surface area contributed by atoms with E-state index in [2.05, 4.69) is 45.5 Å². The maximum Gasteiger partial charge on any atom is 0.139 e. The van der Waals surface area contributed by atoms with Crippen LogP contribution < -0.4 is 15.0 Å². The van der Waals surface area contributed by atoms with Crippen LogP contribution in [0.25, 0.3) is 0 Å². The number of nitrogens with zero attached hydrogens (tertiary/aromatic N) is 2. The predicted molar refractivity (Wildman–Crippen MR) is 126 cm³/mol. The van der Waals surface area contributed by atoms with Crippen molar-refractivity contribution in [1.82, 2.24) is 10.3 Å². The third kappa shape index (κ3) is 7.22. The van der Waals surface area contributed by atoms with E-state index < -0.39 is 0 Å². The molecule has 2 aromatic rings. The van der Waals surface area contributed by atoms with Crippen LogP contribution in [0, 0.1) is 5.92 Å². The van der Waals surface area contributed by atoms with E-state index in [1.807, 2.05) is 18.5 Å². The molecule has 168 valence electrons. The van der Waals surface area contributed by atoms with Crippen LogP contribution in [-0.4, -0.2) is 43.9 Å². The molecule has 4 rings (SSSR count). The van der Waals surface area contributed by atoms with Gasteiger partial charge in [0.05, 0.1) is 24.7 Å². The lowest BCUT2D eigenvalue weighted by atomic mass is 9.91. The molecule has 2 aliphatic rings. The number of hydrogen-bond donors (Lipinski definition) is 1. The zero-order valence-electron chi connectivity index (χ0n) is 18.7. The third-order valence-corrected chi connectivity index (χ3v) is 6.55. The van der Waals surface area contributed by atoms with Gasteiger partial charge in [0.1, 0.15) is 12.4 Å². The number of pyridine rings is 1. The Balaban J connectivity index is 1.10. The van der Waals surface area contributed by atoms with Crippen molar-refractivity contribution in [3.05, 3.63) is 54.4 Å². The number of rotatable bonds is 11. The summed E-state index contributed by atoms with van der Waals surface area (Å²) in [5.41, 5.74) is 2.46. The van der Waals surface area contributed by atoms with Crippen LogP contribution >= 0.6 is 0 Å². The van der Waals surface area contributed by atoms with E-state index in [0.29, 0.717) is 6.04 Å². The van der Waals surface area contributed by atoms with Crippen LogP contribution in [0.4, 0.5) is 5.69 Å². The van der Waals surface area contributed by atoms with Crippen LogP contribution in [0.2, 0.25) is 0 Å². The molecule has 5 heteroatoms. The molecule has 2 fully saturated rings. The van der Waals surface area contributed by atoms with Gasteiger partial charge in [0.2, 0.25) is 0 Å². The number of unbranched alkanes of at least 4 members (excludes halogenated alkanes) is 1. The lowest BCUT2D eigenvalue weighted by Gasteiger charge is -2.33. The molecule has 2 saturated heterocycles. The van der Waals surface area contributed by atoms with Crippen molar-refractivity contribution >= 4 is 5.69 Å². The highest BCUT2D eigenvalue weighted by molar-refractivity contribution is 5.48. The highest BCUT2D eigenvalue weighted by Gasteiger charge is 2.20. The first kappa shape index (κ1) is 22.1. The Labute approximate surface area is 187 Å². The molecule has 1 aromatic carbocycles. The Bertz CT molecular complexity index is 756. The Hall–Kier alpha value is -2.11. The molecule has 2 aliphatic heterocycles. The van der Waals surface area contributed by atoms with Gasteiger partial charge in [-0.1, -0.05) is 43.2 Å². The molecule has 0 spiro atoms.